The predicted molar refractivity (Wildman–Crippen MR) is 64.0 cm³/mol. The lowest BCUT2D eigenvalue weighted by atomic mass is 10.1. The van der Waals surface area contributed by atoms with E-state index in [-0.39, 0.29) is 5.96 Å². The van der Waals surface area contributed by atoms with Gasteiger partial charge in [0.15, 0.2) is 0 Å². The zero-order valence-corrected chi connectivity index (χ0v) is 9.52. The molecule has 6 heteroatoms. The molecular formula is C9H12Cl2N4. The molecule has 0 aliphatic heterocycles. The fraction of sp³-hybridized carbons (Fsp3) is 0.222. The smallest absolute Gasteiger partial charge is 0.203 e. The summed E-state index contributed by atoms with van der Waals surface area (Å²) in [6.07, 6.45) is 0.693. The highest BCUT2D eigenvalue weighted by atomic mass is 35.5. The van der Waals surface area contributed by atoms with Gasteiger partial charge in [-0.25, -0.2) is 5.84 Å². The van der Waals surface area contributed by atoms with Crippen molar-refractivity contribution >= 4 is 29.2 Å². The first kappa shape index (κ1) is 12.1. The molecule has 0 spiro atoms. The van der Waals surface area contributed by atoms with Crippen molar-refractivity contribution in [2.24, 2.45) is 16.6 Å². The molecule has 0 heterocycles. The van der Waals surface area contributed by atoms with Gasteiger partial charge in [-0.15, -0.1) is 0 Å². The maximum absolute atomic E-state index is 5.97. The summed E-state index contributed by atoms with van der Waals surface area (Å²) >= 11 is 11.7. The Kier molecular flexibility index (Phi) is 4.68. The predicted octanol–water partition coefficient (Wildman–Crippen LogP) is 1.31. The Morgan fingerprint density at radius 3 is 2.73 bits per heavy atom. The number of nitrogens with two attached hydrogens (primary N) is 2. The number of aliphatic imine (C=N–C) groups is 1. The van der Waals surface area contributed by atoms with Crippen LogP contribution < -0.4 is 17.0 Å². The Labute approximate surface area is 98.2 Å². The van der Waals surface area contributed by atoms with Crippen LogP contribution in [0.3, 0.4) is 0 Å². The van der Waals surface area contributed by atoms with Crippen molar-refractivity contribution in [3.8, 4) is 0 Å². The zero-order chi connectivity index (χ0) is 11.3. The Morgan fingerprint density at radius 1 is 1.40 bits per heavy atom. The third-order valence-corrected chi connectivity index (χ3v) is 2.41. The Bertz CT molecular complexity index is 365. The van der Waals surface area contributed by atoms with Gasteiger partial charge in [-0.3, -0.25) is 10.4 Å². The van der Waals surface area contributed by atoms with E-state index < -0.39 is 0 Å². The molecule has 1 aromatic carbocycles. The molecule has 0 radical (unpaired) electrons. The highest BCUT2D eigenvalue weighted by Gasteiger charge is 2.00. The van der Waals surface area contributed by atoms with E-state index in [4.69, 9.17) is 34.8 Å². The number of hydrogen-bond acceptors (Lipinski definition) is 2. The van der Waals surface area contributed by atoms with Crippen molar-refractivity contribution in [2.45, 2.75) is 6.42 Å². The number of benzene rings is 1. The van der Waals surface area contributed by atoms with Gasteiger partial charge in [0.2, 0.25) is 5.96 Å². The summed E-state index contributed by atoms with van der Waals surface area (Å²) in [7, 11) is 0. The summed E-state index contributed by atoms with van der Waals surface area (Å²) in [5, 5.41) is 1.26. The summed E-state index contributed by atoms with van der Waals surface area (Å²) < 4.78 is 0. The molecule has 0 atom stereocenters. The van der Waals surface area contributed by atoms with Gasteiger partial charge in [0.05, 0.1) is 0 Å². The minimum atomic E-state index is 0.208. The molecule has 0 aromatic heterocycles. The average molecular weight is 247 g/mol. The number of hydrazine groups is 1. The molecule has 0 aliphatic rings. The Balaban J connectivity index is 2.58. The van der Waals surface area contributed by atoms with Gasteiger partial charge in [0.1, 0.15) is 0 Å². The summed E-state index contributed by atoms with van der Waals surface area (Å²) in [4.78, 5) is 3.97. The van der Waals surface area contributed by atoms with Crippen molar-refractivity contribution in [3.63, 3.8) is 0 Å². The molecule has 0 saturated carbocycles. The molecular weight excluding hydrogens is 235 g/mol. The van der Waals surface area contributed by atoms with Crippen LogP contribution in [0.2, 0.25) is 10.0 Å². The molecule has 5 N–H and O–H groups in total. The van der Waals surface area contributed by atoms with Crippen LogP contribution >= 0.6 is 23.2 Å². The molecule has 0 bridgehead atoms. The zero-order valence-electron chi connectivity index (χ0n) is 8.00. The standard InChI is InChI=1S/C9H12Cl2N4/c10-7-2-1-6(8(11)5-7)3-4-14-9(12)15-13/h1-2,5H,3-4,13H2,(H3,12,14,15). The van der Waals surface area contributed by atoms with Crippen LogP contribution in [0.25, 0.3) is 0 Å². The fourth-order valence-electron chi connectivity index (χ4n) is 1.07. The average Bonchev–Trinajstić information content (AvgIpc) is 2.21. The van der Waals surface area contributed by atoms with Gasteiger partial charge in [-0.1, -0.05) is 29.3 Å². The second-order valence-corrected chi connectivity index (χ2v) is 3.74. The molecule has 0 aliphatic carbocycles. The highest BCUT2D eigenvalue weighted by Crippen LogP contribution is 2.21. The summed E-state index contributed by atoms with van der Waals surface area (Å²) in [6.45, 7) is 0.525. The van der Waals surface area contributed by atoms with Gasteiger partial charge in [-0.05, 0) is 24.1 Å². The van der Waals surface area contributed by atoms with Gasteiger partial charge >= 0.3 is 0 Å². The number of hydrogen-bond donors (Lipinski definition) is 3. The maximum Gasteiger partial charge on any atom is 0.203 e. The van der Waals surface area contributed by atoms with Gasteiger partial charge < -0.3 is 5.73 Å². The number of nitrogens with one attached hydrogen (secondary N) is 1. The number of halogens is 2. The van der Waals surface area contributed by atoms with Crippen molar-refractivity contribution in [1.82, 2.24) is 5.43 Å². The van der Waals surface area contributed by atoms with Crippen LogP contribution in [-0.2, 0) is 6.42 Å². The Morgan fingerprint density at radius 2 is 2.13 bits per heavy atom. The third-order valence-electron chi connectivity index (χ3n) is 1.83. The largest absolute Gasteiger partial charge is 0.369 e. The fourth-order valence-corrected chi connectivity index (χ4v) is 1.57. The van der Waals surface area contributed by atoms with E-state index in [2.05, 4.69) is 10.4 Å². The van der Waals surface area contributed by atoms with E-state index in [9.17, 15) is 0 Å². The minimum Gasteiger partial charge on any atom is -0.369 e. The van der Waals surface area contributed by atoms with Crippen molar-refractivity contribution in [2.75, 3.05) is 6.54 Å². The monoisotopic (exact) mass is 246 g/mol. The molecule has 0 unspecified atom stereocenters. The van der Waals surface area contributed by atoms with Gasteiger partial charge in [-0.2, -0.15) is 0 Å². The molecule has 1 aromatic rings. The van der Waals surface area contributed by atoms with Crippen LogP contribution in [0.4, 0.5) is 0 Å². The van der Waals surface area contributed by atoms with Crippen LogP contribution in [0.1, 0.15) is 5.56 Å². The van der Waals surface area contributed by atoms with Gasteiger partial charge in [0.25, 0.3) is 0 Å². The van der Waals surface area contributed by atoms with Crippen molar-refractivity contribution < 1.29 is 0 Å². The van der Waals surface area contributed by atoms with E-state index in [1.165, 1.54) is 0 Å². The van der Waals surface area contributed by atoms with E-state index >= 15 is 0 Å². The lowest BCUT2D eigenvalue weighted by molar-refractivity contribution is 0.923. The second-order valence-electron chi connectivity index (χ2n) is 2.90. The van der Waals surface area contributed by atoms with E-state index in [1.807, 2.05) is 6.07 Å². The summed E-state index contributed by atoms with van der Waals surface area (Å²) in [5.74, 6) is 5.26. The van der Waals surface area contributed by atoms with Crippen molar-refractivity contribution in [1.29, 1.82) is 0 Å². The molecule has 82 valence electrons. The third kappa shape index (κ3) is 3.95. The first-order valence-electron chi connectivity index (χ1n) is 4.34. The topological polar surface area (TPSA) is 76.4 Å². The highest BCUT2D eigenvalue weighted by molar-refractivity contribution is 6.35. The number of nitrogens with zero attached hydrogens (tertiary/aromatic N) is 1. The number of rotatable bonds is 3. The summed E-state index contributed by atoms with van der Waals surface area (Å²) in [5.41, 5.74) is 8.59. The minimum absolute atomic E-state index is 0.208. The SMILES string of the molecule is NNC(N)=NCCc1ccc(Cl)cc1Cl. The lowest BCUT2D eigenvalue weighted by Crippen LogP contribution is -2.37. The molecule has 0 saturated heterocycles. The van der Waals surface area contributed by atoms with Crippen LogP contribution in [0, 0.1) is 0 Å². The number of guanidine groups is 1. The molecule has 0 amide bonds. The maximum atomic E-state index is 5.97. The van der Waals surface area contributed by atoms with E-state index in [0.29, 0.717) is 23.0 Å². The normalized spacial score (nSPS) is 11.5. The molecule has 4 nitrogen and oxygen atoms in total. The molecule has 1 rings (SSSR count). The first-order valence-corrected chi connectivity index (χ1v) is 5.09. The van der Waals surface area contributed by atoms with Crippen LogP contribution in [-0.4, -0.2) is 12.5 Å². The van der Waals surface area contributed by atoms with Crippen molar-refractivity contribution in [3.05, 3.63) is 33.8 Å². The second kappa shape index (κ2) is 5.80. The molecule has 15 heavy (non-hydrogen) atoms. The van der Waals surface area contributed by atoms with E-state index in [0.717, 1.165) is 5.56 Å². The first-order chi connectivity index (χ1) is 7.13. The quantitative estimate of drug-likeness (QED) is 0.326. The van der Waals surface area contributed by atoms with E-state index in [1.54, 1.807) is 12.1 Å². The van der Waals surface area contributed by atoms with Gasteiger partial charge in [0, 0.05) is 16.6 Å². The van der Waals surface area contributed by atoms with Crippen LogP contribution in [0.15, 0.2) is 23.2 Å². The van der Waals surface area contributed by atoms with Crippen LogP contribution in [0.5, 0.6) is 0 Å². The molecule has 0 fully saturated rings. The Hall–Kier alpha value is -0.970. The lowest BCUT2D eigenvalue weighted by Gasteiger charge is -2.03. The summed E-state index contributed by atoms with van der Waals surface area (Å²) in [6, 6.07) is 5.36.